The molecule has 0 aromatic carbocycles. The molecule has 1 aromatic heterocycles. The van der Waals surface area contributed by atoms with Gasteiger partial charge in [-0.05, 0) is 18.9 Å². The normalized spacial score (nSPS) is 10.6. The second-order valence-electron chi connectivity index (χ2n) is 4.19. The van der Waals surface area contributed by atoms with Gasteiger partial charge in [0.2, 0.25) is 0 Å². The average Bonchev–Trinajstić information content (AvgIpc) is 2.43. The van der Waals surface area contributed by atoms with Crippen LogP contribution in [0.4, 0.5) is 11.6 Å². The van der Waals surface area contributed by atoms with Crippen LogP contribution in [-0.2, 0) is 4.74 Å². The van der Waals surface area contributed by atoms with E-state index < -0.39 is 0 Å². The van der Waals surface area contributed by atoms with Gasteiger partial charge in [-0.3, -0.25) is 0 Å². The fourth-order valence-electron chi connectivity index (χ4n) is 1.51. The van der Waals surface area contributed by atoms with Crippen molar-refractivity contribution in [2.45, 2.75) is 19.8 Å². The largest absolute Gasteiger partial charge is 0.394 e. The van der Waals surface area contributed by atoms with E-state index in [0.29, 0.717) is 41.4 Å². The first kappa shape index (κ1) is 17.3. The molecule has 0 unspecified atom stereocenters. The molecule has 0 amide bonds. The molecule has 0 atom stereocenters. The molecule has 3 N–H and O–H groups in total. The van der Waals surface area contributed by atoms with Crippen LogP contribution in [0.2, 0.25) is 10.0 Å². The van der Waals surface area contributed by atoms with E-state index in [1.165, 1.54) is 0 Å². The van der Waals surface area contributed by atoms with Crippen LogP contribution in [0.3, 0.4) is 0 Å². The number of nitrogens with one attached hydrogen (secondary N) is 2. The zero-order valence-corrected chi connectivity index (χ0v) is 13.1. The Balaban J connectivity index is 2.47. The van der Waals surface area contributed by atoms with Gasteiger partial charge in [0.05, 0.1) is 23.3 Å². The first-order valence-corrected chi connectivity index (χ1v) is 7.47. The van der Waals surface area contributed by atoms with E-state index in [-0.39, 0.29) is 6.61 Å². The Morgan fingerprint density at radius 1 is 1.15 bits per heavy atom. The molecule has 0 fully saturated rings. The van der Waals surface area contributed by atoms with Crippen LogP contribution < -0.4 is 10.6 Å². The standard InChI is InChI=1S/C13H21Cl2N3O2/c1-2-4-16-12-10(14)9-11(15)13(18-12)17-5-3-7-20-8-6-19/h9,19H,2-8H2,1H3,(H2,16,17,18). The summed E-state index contributed by atoms with van der Waals surface area (Å²) in [5, 5.41) is 15.9. The summed E-state index contributed by atoms with van der Waals surface area (Å²) in [7, 11) is 0. The zero-order valence-electron chi connectivity index (χ0n) is 11.6. The van der Waals surface area contributed by atoms with Crippen molar-refractivity contribution in [1.82, 2.24) is 4.98 Å². The van der Waals surface area contributed by atoms with Crippen molar-refractivity contribution in [2.75, 3.05) is 43.5 Å². The lowest BCUT2D eigenvalue weighted by Gasteiger charge is -2.12. The molecule has 20 heavy (non-hydrogen) atoms. The summed E-state index contributed by atoms with van der Waals surface area (Å²) in [5.74, 6) is 1.24. The number of aromatic nitrogens is 1. The average molecular weight is 322 g/mol. The van der Waals surface area contributed by atoms with E-state index in [0.717, 1.165) is 19.4 Å². The van der Waals surface area contributed by atoms with E-state index >= 15 is 0 Å². The maximum Gasteiger partial charge on any atom is 0.147 e. The molecule has 0 radical (unpaired) electrons. The Kier molecular flexibility index (Phi) is 8.69. The highest BCUT2D eigenvalue weighted by atomic mass is 35.5. The van der Waals surface area contributed by atoms with Crippen LogP contribution in [0.15, 0.2) is 6.07 Å². The minimum absolute atomic E-state index is 0.0461. The molecule has 1 heterocycles. The summed E-state index contributed by atoms with van der Waals surface area (Å²) in [4.78, 5) is 4.38. The molecule has 7 heteroatoms. The highest BCUT2D eigenvalue weighted by molar-refractivity contribution is 6.37. The number of nitrogens with zero attached hydrogens (tertiary/aromatic N) is 1. The Bertz CT molecular complexity index is 405. The number of ether oxygens (including phenoxy) is 1. The zero-order chi connectivity index (χ0) is 14.8. The number of aliphatic hydroxyl groups excluding tert-OH is 1. The van der Waals surface area contributed by atoms with Crippen molar-refractivity contribution >= 4 is 34.8 Å². The van der Waals surface area contributed by atoms with Gasteiger partial charge in [-0.2, -0.15) is 0 Å². The summed E-state index contributed by atoms with van der Waals surface area (Å²) in [6, 6.07) is 1.68. The molecule has 0 saturated heterocycles. The van der Waals surface area contributed by atoms with Crippen LogP contribution in [0, 0.1) is 0 Å². The number of hydrogen-bond donors (Lipinski definition) is 3. The lowest BCUT2D eigenvalue weighted by Crippen LogP contribution is -2.10. The number of rotatable bonds is 10. The number of pyridine rings is 1. The van der Waals surface area contributed by atoms with Crippen molar-refractivity contribution in [3.05, 3.63) is 16.1 Å². The van der Waals surface area contributed by atoms with Crippen LogP contribution in [0.25, 0.3) is 0 Å². The minimum atomic E-state index is 0.0461. The minimum Gasteiger partial charge on any atom is -0.394 e. The van der Waals surface area contributed by atoms with Gasteiger partial charge in [-0.15, -0.1) is 0 Å². The fraction of sp³-hybridized carbons (Fsp3) is 0.615. The van der Waals surface area contributed by atoms with E-state index in [2.05, 4.69) is 22.5 Å². The Hall–Kier alpha value is -0.750. The third-order valence-electron chi connectivity index (χ3n) is 2.47. The Labute approximate surface area is 129 Å². The highest BCUT2D eigenvalue weighted by Gasteiger charge is 2.08. The lowest BCUT2D eigenvalue weighted by atomic mass is 10.4. The van der Waals surface area contributed by atoms with Crippen LogP contribution in [0.1, 0.15) is 19.8 Å². The van der Waals surface area contributed by atoms with Gasteiger partial charge < -0.3 is 20.5 Å². The summed E-state index contributed by atoms with van der Waals surface area (Å²) in [6.07, 6.45) is 1.80. The molecule has 1 aromatic rings. The molecule has 0 saturated carbocycles. The van der Waals surface area contributed by atoms with Gasteiger partial charge in [-0.25, -0.2) is 4.98 Å². The van der Waals surface area contributed by atoms with Gasteiger partial charge in [0.25, 0.3) is 0 Å². The molecular formula is C13H21Cl2N3O2. The molecule has 0 aliphatic rings. The predicted octanol–water partition coefficient (Wildman–Crippen LogP) is 3.02. The lowest BCUT2D eigenvalue weighted by molar-refractivity contribution is 0.0922. The first-order chi connectivity index (χ1) is 9.69. The van der Waals surface area contributed by atoms with Gasteiger partial charge in [0.1, 0.15) is 11.6 Å². The summed E-state index contributed by atoms with van der Waals surface area (Å²) < 4.78 is 5.17. The molecule has 0 bridgehead atoms. The Morgan fingerprint density at radius 2 is 1.80 bits per heavy atom. The van der Waals surface area contributed by atoms with Crippen LogP contribution in [-0.4, -0.2) is 43.0 Å². The number of aliphatic hydroxyl groups is 1. The van der Waals surface area contributed by atoms with Crippen LogP contribution in [0.5, 0.6) is 0 Å². The molecular weight excluding hydrogens is 301 g/mol. The SMILES string of the molecule is CCCNc1nc(NCCCOCCO)c(Cl)cc1Cl. The van der Waals surface area contributed by atoms with Gasteiger partial charge in [0.15, 0.2) is 0 Å². The Morgan fingerprint density at radius 3 is 2.40 bits per heavy atom. The van der Waals surface area contributed by atoms with Gasteiger partial charge >= 0.3 is 0 Å². The molecule has 1 rings (SSSR count). The van der Waals surface area contributed by atoms with Gasteiger partial charge in [-0.1, -0.05) is 30.1 Å². The second kappa shape index (κ2) is 10.0. The third kappa shape index (κ3) is 6.13. The van der Waals surface area contributed by atoms with Crippen LogP contribution >= 0.6 is 23.2 Å². The van der Waals surface area contributed by atoms with Gasteiger partial charge in [0, 0.05) is 19.7 Å². The summed E-state index contributed by atoms with van der Waals surface area (Å²) >= 11 is 12.2. The third-order valence-corrected chi connectivity index (χ3v) is 3.04. The predicted molar refractivity (Wildman–Crippen MR) is 84.0 cm³/mol. The topological polar surface area (TPSA) is 66.4 Å². The molecule has 0 spiro atoms. The van der Waals surface area contributed by atoms with E-state index in [1.807, 2.05) is 0 Å². The highest BCUT2D eigenvalue weighted by Crippen LogP contribution is 2.29. The first-order valence-electron chi connectivity index (χ1n) is 6.71. The summed E-state index contributed by atoms with van der Waals surface area (Å²) in [6.45, 7) is 4.56. The maximum atomic E-state index is 8.58. The van der Waals surface area contributed by atoms with Crippen molar-refractivity contribution in [3.8, 4) is 0 Å². The maximum absolute atomic E-state index is 8.58. The molecule has 0 aliphatic heterocycles. The number of anilines is 2. The molecule has 114 valence electrons. The van der Waals surface area contributed by atoms with E-state index in [9.17, 15) is 0 Å². The molecule has 0 aliphatic carbocycles. The van der Waals surface area contributed by atoms with E-state index in [4.69, 9.17) is 33.0 Å². The number of halogens is 2. The van der Waals surface area contributed by atoms with E-state index in [1.54, 1.807) is 6.07 Å². The van der Waals surface area contributed by atoms with Crippen molar-refractivity contribution in [3.63, 3.8) is 0 Å². The quantitative estimate of drug-likeness (QED) is 0.578. The summed E-state index contributed by atoms with van der Waals surface area (Å²) in [5.41, 5.74) is 0. The monoisotopic (exact) mass is 321 g/mol. The smallest absolute Gasteiger partial charge is 0.147 e. The van der Waals surface area contributed by atoms with Crippen molar-refractivity contribution in [1.29, 1.82) is 0 Å². The fourth-order valence-corrected chi connectivity index (χ4v) is 2.00. The second-order valence-corrected chi connectivity index (χ2v) is 5.01. The number of hydrogen-bond acceptors (Lipinski definition) is 5. The van der Waals surface area contributed by atoms with Crippen molar-refractivity contribution < 1.29 is 9.84 Å². The van der Waals surface area contributed by atoms with Crippen molar-refractivity contribution in [2.24, 2.45) is 0 Å². The molecule has 5 nitrogen and oxygen atoms in total.